The predicted molar refractivity (Wildman–Crippen MR) is 121 cm³/mol. The molecule has 148 valence electrons. The highest BCUT2D eigenvalue weighted by molar-refractivity contribution is 5.67. The molecule has 1 heterocycles. The summed E-state index contributed by atoms with van der Waals surface area (Å²) in [5.74, 6) is 1.06. The molecule has 0 spiro atoms. The van der Waals surface area contributed by atoms with E-state index in [4.69, 9.17) is 4.98 Å². The summed E-state index contributed by atoms with van der Waals surface area (Å²) >= 11 is 0. The number of unbranched alkanes of at least 4 members (excludes halogenated alkanes) is 1. The van der Waals surface area contributed by atoms with Crippen LogP contribution < -0.4 is 0 Å². The Morgan fingerprint density at radius 1 is 0.964 bits per heavy atom. The van der Waals surface area contributed by atoms with Crippen LogP contribution in [0.3, 0.4) is 0 Å². The monoisotopic (exact) mass is 374 g/mol. The van der Waals surface area contributed by atoms with Crippen molar-refractivity contribution in [3.63, 3.8) is 0 Å². The molecule has 0 aliphatic rings. The molecule has 0 amide bonds. The van der Waals surface area contributed by atoms with Gasteiger partial charge in [-0.05, 0) is 55.7 Å². The maximum Gasteiger partial charge on any atom is 0.145 e. The van der Waals surface area contributed by atoms with Gasteiger partial charge in [0, 0.05) is 17.5 Å². The minimum Gasteiger partial charge on any atom is -0.296 e. The molecule has 0 aliphatic carbocycles. The Balaban J connectivity index is 2.31. The summed E-state index contributed by atoms with van der Waals surface area (Å²) in [6, 6.07) is 13.3. The summed E-state index contributed by atoms with van der Waals surface area (Å²) in [6.45, 7) is 15.7. The molecule has 0 fully saturated rings. The Kier molecular flexibility index (Phi) is 5.79. The van der Waals surface area contributed by atoms with Gasteiger partial charge in [0.15, 0.2) is 0 Å². The molecule has 0 atom stereocenters. The zero-order valence-electron chi connectivity index (χ0n) is 18.6. The first kappa shape index (κ1) is 20.4. The van der Waals surface area contributed by atoms with E-state index >= 15 is 0 Å². The van der Waals surface area contributed by atoms with Crippen LogP contribution in [-0.2, 0) is 11.8 Å². The van der Waals surface area contributed by atoms with E-state index in [0.717, 1.165) is 12.2 Å². The smallest absolute Gasteiger partial charge is 0.145 e. The average molecular weight is 375 g/mol. The van der Waals surface area contributed by atoms with E-state index in [0.29, 0.717) is 0 Å². The van der Waals surface area contributed by atoms with Gasteiger partial charge < -0.3 is 0 Å². The van der Waals surface area contributed by atoms with E-state index in [2.05, 4.69) is 95.6 Å². The Bertz CT molecular complexity index is 947. The zero-order valence-corrected chi connectivity index (χ0v) is 18.6. The molecule has 0 bridgehead atoms. The van der Waals surface area contributed by atoms with E-state index in [1.807, 2.05) is 0 Å². The van der Waals surface area contributed by atoms with Crippen LogP contribution >= 0.6 is 0 Å². The Morgan fingerprint density at radius 3 is 2.21 bits per heavy atom. The predicted octanol–water partition coefficient (Wildman–Crippen LogP) is 7.10. The minimum atomic E-state index is 0.0638. The number of imidazole rings is 1. The van der Waals surface area contributed by atoms with Crippen LogP contribution in [0.5, 0.6) is 0 Å². The summed E-state index contributed by atoms with van der Waals surface area (Å²) in [6.07, 6.45) is 5.50. The molecule has 0 saturated heterocycles. The number of hydrogen-bond acceptors (Lipinski definition) is 1. The lowest BCUT2D eigenvalue weighted by molar-refractivity contribution is 0.591. The average Bonchev–Trinajstić information content (AvgIpc) is 3.02. The van der Waals surface area contributed by atoms with Gasteiger partial charge in [0.2, 0.25) is 0 Å². The van der Waals surface area contributed by atoms with Crippen molar-refractivity contribution in [1.29, 1.82) is 0 Å². The van der Waals surface area contributed by atoms with Gasteiger partial charge in [0.05, 0.1) is 5.69 Å². The van der Waals surface area contributed by atoms with Crippen molar-refractivity contribution >= 4 is 0 Å². The zero-order chi connectivity index (χ0) is 20.5. The fraction of sp³-hybridized carbons (Fsp3) is 0.423. The Labute approximate surface area is 170 Å². The second-order valence-corrected chi connectivity index (χ2v) is 9.06. The number of aromatic nitrogens is 2. The van der Waals surface area contributed by atoms with Crippen LogP contribution in [0.15, 0.2) is 42.6 Å². The Hall–Kier alpha value is -2.35. The van der Waals surface area contributed by atoms with Gasteiger partial charge in [0.1, 0.15) is 5.82 Å². The van der Waals surface area contributed by atoms with Crippen molar-refractivity contribution in [2.75, 3.05) is 0 Å². The number of rotatable bonds is 5. The third-order valence-corrected chi connectivity index (χ3v) is 5.46. The third-order valence-electron chi connectivity index (χ3n) is 5.46. The molecule has 1 aromatic heterocycles. The van der Waals surface area contributed by atoms with Crippen molar-refractivity contribution in [3.05, 3.63) is 70.5 Å². The second-order valence-electron chi connectivity index (χ2n) is 9.06. The fourth-order valence-electron chi connectivity index (χ4n) is 4.22. The van der Waals surface area contributed by atoms with Crippen LogP contribution in [0, 0.1) is 20.8 Å². The fourth-order valence-corrected chi connectivity index (χ4v) is 4.22. The van der Waals surface area contributed by atoms with Crippen LogP contribution in [0.4, 0.5) is 0 Å². The van der Waals surface area contributed by atoms with Gasteiger partial charge in [-0.3, -0.25) is 4.57 Å². The van der Waals surface area contributed by atoms with Crippen LogP contribution in [0.2, 0.25) is 0 Å². The first-order valence-electron chi connectivity index (χ1n) is 10.5. The molecule has 2 aromatic carbocycles. The van der Waals surface area contributed by atoms with Gasteiger partial charge >= 0.3 is 0 Å². The van der Waals surface area contributed by atoms with Crippen molar-refractivity contribution in [3.8, 4) is 17.1 Å². The van der Waals surface area contributed by atoms with E-state index in [1.54, 1.807) is 0 Å². The molecule has 2 nitrogen and oxygen atoms in total. The highest BCUT2D eigenvalue weighted by atomic mass is 15.1. The van der Waals surface area contributed by atoms with Crippen LogP contribution in [0.1, 0.15) is 68.5 Å². The maximum absolute atomic E-state index is 4.96. The summed E-state index contributed by atoms with van der Waals surface area (Å²) in [5.41, 5.74) is 9.15. The molecule has 0 unspecified atom stereocenters. The third kappa shape index (κ3) is 3.92. The van der Waals surface area contributed by atoms with Crippen LogP contribution in [-0.4, -0.2) is 9.55 Å². The molecule has 28 heavy (non-hydrogen) atoms. The maximum atomic E-state index is 4.96. The lowest BCUT2D eigenvalue weighted by Gasteiger charge is -2.24. The second kappa shape index (κ2) is 7.95. The number of hydrogen-bond donors (Lipinski definition) is 0. The minimum absolute atomic E-state index is 0.0638. The lowest BCUT2D eigenvalue weighted by Crippen LogP contribution is -2.14. The van der Waals surface area contributed by atoms with E-state index in [1.165, 1.54) is 52.0 Å². The molecular weight excluding hydrogens is 340 g/mol. The van der Waals surface area contributed by atoms with Crippen molar-refractivity contribution in [2.24, 2.45) is 0 Å². The molecular formula is C26H34N2. The van der Waals surface area contributed by atoms with Gasteiger partial charge in [-0.25, -0.2) is 4.98 Å². The summed E-state index contributed by atoms with van der Waals surface area (Å²) in [5, 5.41) is 0. The number of nitrogens with zero attached hydrogens (tertiary/aromatic N) is 2. The van der Waals surface area contributed by atoms with Gasteiger partial charge in [-0.15, -0.1) is 0 Å². The van der Waals surface area contributed by atoms with Crippen LogP contribution in [0.25, 0.3) is 17.1 Å². The SMILES string of the molecule is CCCCc1cnc(-c2ccccc2C(C)(C)C)n1-c1c(C)cc(C)cc1C. The first-order chi connectivity index (χ1) is 13.2. The topological polar surface area (TPSA) is 17.8 Å². The number of aryl methyl sites for hydroxylation is 4. The number of benzene rings is 2. The first-order valence-corrected chi connectivity index (χ1v) is 10.5. The molecule has 2 heteroatoms. The summed E-state index contributed by atoms with van der Waals surface area (Å²) < 4.78 is 2.42. The van der Waals surface area contributed by atoms with Gasteiger partial charge in [-0.1, -0.05) is 76.1 Å². The van der Waals surface area contributed by atoms with Crippen molar-refractivity contribution in [1.82, 2.24) is 9.55 Å². The normalized spacial score (nSPS) is 11.8. The Morgan fingerprint density at radius 2 is 1.61 bits per heavy atom. The highest BCUT2D eigenvalue weighted by Gasteiger charge is 2.23. The molecule has 0 aliphatic heterocycles. The van der Waals surface area contributed by atoms with Gasteiger partial charge in [0.25, 0.3) is 0 Å². The molecule has 3 rings (SSSR count). The van der Waals surface area contributed by atoms with Crippen molar-refractivity contribution < 1.29 is 0 Å². The van der Waals surface area contributed by atoms with E-state index < -0.39 is 0 Å². The van der Waals surface area contributed by atoms with E-state index in [-0.39, 0.29) is 5.41 Å². The molecule has 3 aromatic rings. The molecule has 0 radical (unpaired) electrons. The quantitative estimate of drug-likeness (QED) is 0.465. The lowest BCUT2D eigenvalue weighted by atomic mass is 9.83. The molecule has 0 saturated carbocycles. The summed E-state index contributed by atoms with van der Waals surface area (Å²) in [7, 11) is 0. The van der Waals surface area contributed by atoms with E-state index in [9.17, 15) is 0 Å². The molecule has 0 N–H and O–H groups in total. The standard InChI is InChI=1S/C26H34N2/c1-8-9-12-21-17-27-25(22-13-10-11-14-23(22)26(5,6)7)28(21)24-19(3)15-18(2)16-20(24)4/h10-11,13-17H,8-9,12H2,1-7H3. The largest absolute Gasteiger partial charge is 0.296 e. The van der Waals surface area contributed by atoms with Gasteiger partial charge in [-0.2, -0.15) is 0 Å². The summed E-state index contributed by atoms with van der Waals surface area (Å²) in [4.78, 5) is 4.96. The van der Waals surface area contributed by atoms with Crippen molar-refractivity contribution in [2.45, 2.75) is 73.1 Å². The highest BCUT2D eigenvalue weighted by Crippen LogP contribution is 2.35.